The van der Waals surface area contributed by atoms with Gasteiger partial charge in [-0.05, 0) is 12.3 Å². The van der Waals surface area contributed by atoms with Gasteiger partial charge in [-0.15, -0.1) is 0 Å². The molecule has 0 spiro atoms. The Balaban J connectivity index is 2.74. The molecule has 0 saturated carbocycles. The van der Waals surface area contributed by atoms with Gasteiger partial charge < -0.3 is 14.6 Å². The highest BCUT2D eigenvalue weighted by atomic mass is 16.5. The smallest absolute Gasteiger partial charge is 0.333 e. The first kappa shape index (κ1) is 11.5. The molecule has 14 heavy (non-hydrogen) atoms. The lowest BCUT2D eigenvalue weighted by atomic mass is 9.74. The maximum atomic E-state index is 11.0. The van der Waals surface area contributed by atoms with Crippen LogP contribution in [-0.4, -0.2) is 37.5 Å². The summed E-state index contributed by atoms with van der Waals surface area (Å²) >= 11 is 0. The van der Waals surface area contributed by atoms with Crippen LogP contribution >= 0.6 is 0 Å². The van der Waals surface area contributed by atoms with Crippen molar-refractivity contribution in [2.75, 3.05) is 20.3 Å². The number of methoxy groups -OCH3 is 1. The fourth-order valence-electron chi connectivity index (χ4n) is 2.06. The molecule has 1 heterocycles. The molecule has 0 aromatic heterocycles. The van der Waals surface area contributed by atoms with Gasteiger partial charge in [0, 0.05) is 19.1 Å². The van der Waals surface area contributed by atoms with E-state index in [1.54, 1.807) is 0 Å². The second-order valence-corrected chi connectivity index (χ2v) is 4.34. The summed E-state index contributed by atoms with van der Waals surface area (Å²) in [5.74, 6) is -0.632. The first-order valence-corrected chi connectivity index (χ1v) is 4.83. The molecule has 1 fully saturated rings. The van der Waals surface area contributed by atoms with Gasteiger partial charge in [0.1, 0.15) is 0 Å². The molecule has 82 valence electrons. The molecule has 4 heteroatoms. The van der Waals surface area contributed by atoms with Crippen LogP contribution in [0.15, 0.2) is 0 Å². The van der Waals surface area contributed by atoms with Crippen LogP contribution in [0.2, 0.25) is 0 Å². The van der Waals surface area contributed by atoms with Crippen molar-refractivity contribution >= 4 is 5.97 Å². The van der Waals surface area contributed by atoms with Crippen molar-refractivity contribution in [1.29, 1.82) is 0 Å². The maximum Gasteiger partial charge on any atom is 0.333 e. The summed E-state index contributed by atoms with van der Waals surface area (Å²) in [6, 6.07) is 0. The van der Waals surface area contributed by atoms with Crippen LogP contribution < -0.4 is 0 Å². The van der Waals surface area contributed by atoms with Gasteiger partial charge in [0.15, 0.2) is 6.10 Å². The van der Waals surface area contributed by atoms with Gasteiger partial charge in [-0.2, -0.15) is 0 Å². The molecule has 1 N–H and O–H groups in total. The predicted octanol–water partition coefficient (Wildman–Crippen LogP) is 1.15. The van der Waals surface area contributed by atoms with Gasteiger partial charge in [0.25, 0.3) is 0 Å². The summed E-state index contributed by atoms with van der Waals surface area (Å²) in [6.07, 6.45) is 0.161. The van der Waals surface area contributed by atoms with Crippen molar-refractivity contribution < 1.29 is 19.4 Å². The number of ether oxygens (including phenoxy) is 2. The van der Waals surface area contributed by atoms with Gasteiger partial charge in [-0.1, -0.05) is 13.8 Å². The molecule has 4 nitrogen and oxygen atoms in total. The molecule has 0 aromatic rings. The van der Waals surface area contributed by atoms with Crippen LogP contribution in [0.5, 0.6) is 0 Å². The second kappa shape index (κ2) is 4.28. The zero-order chi connectivity index (χ0) is 10.8. The van der Waals surface area contributed by atoms with Crippen LogP contribution in [0.3, 0.4) is 0 Å². The third-order valence-corrected chi connectivity index (χ3v) is 3.12. The number of hydrogen-bond acceptors (Lipinski definition) is 3. The van der Waals surface area contributed by atoms with E-state index in [0.29, 0.717) is 6.61 Å². The minimum absolute atomic E-state index is 0.267. The van der Waals surface area contributed by atoms with Gasteiger partial charge in [-0.3, -0.25) is 0 Å². The summed E-state index contributed by atoms with van der Waals surface area (Å²) in [5, 5.41) is 9.00. The molecule has 2 unspecified atom stereocenters. The first-order valence-electron chi connectivity index (χ1n) is 4.83. The molecule has 0 radical (unpaired) electrons. The standard InChI is InChI=1S/C10H18O4/c1-10(2,7-4-5-14-6-7)8(13-3)9(11)12/h7-8H,4-6H2,1-3H3,(H,11,12). The minimum atomic E-state index is -0.899. The highest BCUT2D eigenvalue weighted by Crippen LogP contribution is 2.37. The van der Waals surface area contributed by atoms with Crippen LogP contribution in [0.4, 0.5) is 0 Å². The van der Waals surface area contributed by atoms with Gasteiger partial charge >= 0.3 is 5.97 Å². The zero-order valence-electron chi connectivity index (χ0n) is 8.95. The SMILES string of the molecule is COC(C(=O)O)C(C)(C)C1CCOC1. The first-order chi connectivity index (χ1) is 6.50. The van der Waals surface area contributed by atoms with Crippen molar-refractivity contribution in [2.45, 2.75) is 26.4 Å². The average Bonchev–Trinajstić information content (AvgIpc) is 2.55. The third kappa shape index (κ3) is 2.07. The Morgan fingerprint density at radius 1 is 1.64 bits per heavy atom. The summed E-state index contributed by atoms with van der Waals surface area (Å²) in [4.78, 5) is 11.0. The zero-order valence-corrected chi connectivity index (χ0v) is 8.95. The topological polar surface area (TPSA) is 55.8 Å². The van der Waals surface area contributed by atoms with E-state index in [1.165, 1.54) is 7.11 Å². The summed E-state index contributed by atoms with van der Waals surface area (Å²) in [7, 11) is 1.44. The molecule has 1 aliphatic heterocycles. The molecule has 0 bridgehead atoms. The van der Waals surface area contributed by atoms with Crippen molar-refractivity contribution in [3.63, 3.8) is 0 Å². The Bertz CT molecular complexity index is 206. The van der Waals surface area contributed by atoms with Crippen molar-refractivity contribution in [3.05, 3.63) is 0 Å². The molecule has 1 rings (SSSR count). The molecule has 1 aliphatic rings. The van der Waals surface area contributed by atoms with Gasteiger partial charge in [0.05, 0.1) is 6.61 Å². The van der Waals surface area contributed by atoms with Gasteiger partial charge in [0.2, 0.25) is 0 Å². The van der Waals surface area contributed by atoms with Crippen LogP contribution in [0.25, 0.3) is 0 Å². The number of carbonyl (C=O) groups is 1. The van der Waals surface area contributed by atoms with Crippen LogP contribution in [0.1, 0.15) is 20.3 Å². The fraction of sp³-hybridized carbons (Fsp3) is 0.900. The molecule has 1 saturated heterocycles. The van der Waals surface area contributed by atoms with Gasteiger partial charge in [-0.25, -0.2) is 4.79 Å². The predicted molar refractivity (Wildman–Crippen MR) is 51.1 cm³/mol. The van der Waals surface area contributed by atoms with Crippen LogP contribution in [0, 0.1) is 11.3 Å². The fourth-order valence-corrected chi connectivity index (χ4v) is 2.06. The normalized spacial score (nSPS) is 24.9. The lowest BCUT2D eigenvalue weighted by Crippen LogP contribution is -2.43. The van der Waals surface area contributed by atoms with Crippen molar-refractivity contribution in [3.8, 4) is 0 Å². The van der Waals surface area contributed by atoms with E-state index in [4.69, 9.17) is 14.6 Å². The number of carboxylic acids is 1. The second-order valence-electron chi connectivity index (χ2n) is 4.34. The third-order valence-electron chi connectivity index (χ3n) is 3.12. The van der Waals surface area contributed by atoms with E-state index in [9.17, 15) is 4.79 Å². The Labute approximate surface area is 84.2 Å². The molecule has 0 aromatic carbocycles. The quantitative estimate of drug-likeness (QED) is 0.743. The van der Waals surface area contributed by atoms with E-state index in [0.717, 1.165) is 13.0 Å². The summed E-state index contributed by atoms with van der Waals surface area (Å²) in [6.45, 7) is 5.22. The Kier molecular flexibility index (Phi) is 3.50. The molecule has 2 atom stereocenters. The van der Waals surface area contributed by atoms with Crippen molar-refractivity contribution in [1.82, 2.24) is 0 Å². The highest BCUT2D eigenvalue weighted by molar-refractivity contribution is 5.73. The Hall–Kier alpha value is -0.610. The van der Waals surface area contributed by atoms with E-state index in [1.807, 2.05) is 13.8 Å². The molecule has 0 aliphatic carbocycles. The molecular formula is C10H18O4. The van der Waals surface area contributed by atoms with E-state index in [-0.39, 0.29) is 11.3 Å². The summed E-state index contributed by atoms with van der Waals surface area (Å²) in [5.41, 5.74) is -0.378. The largest absolute Gasteiger partial charge is 0.479 e. The number of rotatable bonds is 4. The van der Waals surface area contributed by atoms with E-state index >= 15 is 0 Å². The van der Waals surface area contributed by atoms with E-state index in [2.05, 4.69) is 0 Å². The maximum absolute atomic E-state index is 11.0. The van der Waals surface area contributed by atoms with E-state index < -0.39 is 12.1 Å². The summed E-state index contributed by atoms with van der Waals surface area (Å²) < 4.78 is 10.3. The minimum Gasteiger partial charge on any atom is -0.479 e. The molecular weight excluding hydrogens is 184 g/mol. The lowest BCUT2D eigenvalue weighted by molar-refractivity contribution is -0.159. The molecule has 0 amide bonds. The Morgan fingerprint density at radius 2 is 2.29 bits per heavy atom. The monoisotopic (exact) mass is 202 g/mol. The number of hydrogen-bond donors (Lipinski definition) is 1. The highest BCUT2D eigenvalue weighted by Gasteiger charge is 2.43. The Morgan fingerprint density at radius 3 is 2.64 bits per heavy atom. The average molecular weight is 202 g/mol. The van der Waals surface area contributed by atoms with Crippen LogP contribution in [-0.2, 0) is 14.3 Å². The number of aliphatic carboxylic acids is 1. The number of carboxylic acid groups (broad SMARTS) is 1. The lowest BCUT2D eigenvalue weighted by Gasteiger charge is -2.35. The van der Waals surface area contributed by atoms with Crippen molar-refractivity contribution in [2.24, 2.45) is 11.3 Å².